The number of carbonyl (C=O) groups is 1. The summed E-state index contributed by atoms with van der Waals surface area (Å²) < 4.78 is 33.6. The number of anilines is 2. The van der Waals surface area contributed by atoms with Crippen molar-refractivity contribution in [3.05, 3.63) is 78.9 Å². The third kappa shape index (κ3) is 3.89. The van der Waals surface area contributed by atoms with Crippen molar-refractivity contribution >= 4 is 27.3 Å². The molecule has 0 spiro atoms. The smallest absolute Gasteiger partial charge is 0.264 e. The van der Waals surface area contributed by atoms with E-state index >= 15 is 0 Å². The Morgan fingerprint density at radius 2 is 1.57 bits per heavy atom. The van der Waals surface area contributed by atoms with Crippen molar-refractivity contribution in [2.45, 2.75) is 17.7 Å². The predicted octanol–water partition coefficient (Wildman–Crippen LogP) is 4.43. The number of hydrogen-bond donors (Lipinski definition) is 0. The third-order valence-electron chi connectivity index (χ3n) is 5.06. The highest BCUT2D eigenvalue weighted by Crippen LogP contribution is 2.34. The number of benzene rings is 3. The van der Waals surface area contributed by atoms with Crippen LogP contribution in [-0.4, -0.2) is 27.9 Å². The standard InChI is InChI=1S/C23H22N2O4S/c1-24(21-10-5-6-11-22(21)29-19-8-3-2-4-9-19)30(27,28)20-15-13-18(14-16-20)25-17-7-12-23(25)26/h2-6,8-11,13-16H,7,12,17H2,1H3. The van der Waals surface area contributed by atoms with Gasteiger partial charge in [-0.1, -0.05) is 30.3 Å². The zero-order valence-electron chi connectivity index (χ0n) is 16.6. The van der Waals surface area contributed by atoms with Gasteiger partial charge in [-0.2, -0.15) is 0 Å². The van der Waals surface area contributed by atoms with Gasteiger partial charge in [-0.3, -0.25) is 9.10 Å². The maximum Gasteiger partial charge on any atom is 0.264 e. The molecular formula is C23H22N2O4S. The monoisotopic (exact) mass is 422 g/mol. The van der Waals surface area contributed by atoms with E-state index in [4.69, 9.17) is 4.74 Å². The second kappa shape index (κ2) is 8.20. The minimum atomic E-state index is -3.81. The summed E-state index contributed by atoms with van der Waals surface area (Å²) in [6.45, 7) is 0.662. The molecule has 1 amide bonds. The SMILES string of the molecule is CN(c1ccccc1Oc1ccccc1)S(=O)(=O)c1ccc(N2CCCC2=O)cc1. The lowest BCUT2D eigenvalue weighted by molar-refractivity contribution is -0.117. The molecule has 1 saturated heterocycles. The zero-order valence-corrected chi connectivity index (χ0v) is 17.4. The first-order chi connectivity index (χ1) is 14.5. The van der Waals surface area contributed by atoms with Crippen LogP contribution in [0.2, 0.25) is 0 Å². The van der Waals surface area contributed by atoms with Gasteiger partial charge in [0.05, 0.1) is 10.6 Å². The Kier molecular flexibility index (Phi) is 5.46. The van der Waals surface area contributed by atoms with Crippen LogP contribution in [0.15, 0.2) is 83.8 Å². The van der Waals surface area contributed by atoms with E-state index in [-0.39, 0.29) is 10.8 Å². The summed E-state index contributed by atoms with van der Waals surface area (Å²) in [5.74, 6) is 1.12. The highest BCUT2D eigenvalue weighted by atomic mass is 32.2. The second-order valence-electron chi connectivity index (χ2n) is 7.00. The summed E-state index contributed by atoms with van der Waals surface area (Å²) in [7, 11) is -2.31. The molecular weight excluding hydrogens is 400 g/mol. The molecule has 1 aliphatic heterocycles. The summed E-state index contributed by atoms with van der Waals surface area (Å²) in [6.07, 6.45) is 1.35. The highest BCUT2D eigenvalue weighted by molar-refractivity contribution is 7.92. The van der Waals surface area contributed by atoms with Gasteiger partial charge in [0.25, 0.3) is 10.0 Å². The van der Waals surface area contributed by atoms with Gasteiger partial charge in [0, 0.05) is 25.7 Å². The van der Waals surface area contributed by atoms with Crippen molar-refractivity contribution in [2.75, 3.05) is 22.8 Å². The van der Waals surface area contributed by atoms with E-state index in [9.17, 15) is 13.2 Å². The van der Waals surface area contributed by atoms with Crippen LogP contribution in [0.25, 0.3) is 0 Å². The average Bonchev–Trinajstić information content (AvgIpc) is 3.20. The molecule has 0 unspecified atom stereocenters. The van der Waals surface area contributed by atoms with E-state index in [0.717, 1.165) is 6.42 Å². The molecule has 7 heteroatoms. The van der Waals surface area contributed by atoms with E-state index in [1.165, 1.54) is 23.5 Å². The van der Waals surface area contributed by atoms with Crippen LogP contribution in [0, 0.1) is 0 Å². The number of rotatable bonds is 6. The Morgan fingerprint density at radius 3 is 2.23 bits per heavy atom. The molecule has 30 heavy (non-hydrogen) atoms. The van der Waals surface area contributed by atoms with Crippen molar-refractivity contribution < 1.29 is 17.9 Å². The molecule has 0 aliphatic carbocycles. The van der Waals surface area contributed by atoms with Gasteiger partial charge < -0.3 is 9.64 Å². The zero-order chi connectivity index (χ0) is 21.1. The second-order valence-corrected chi connectivity index (χ2v) is 8.97. The molecule has 1 aliphatic rings. The van der Waals surface area contributed by atoms with Crippen molar-refractivity contribution in [1.29, 1.82) is 0 Å². The lowest BCUT2D eigenvalue weighted by Crippen LogP contribution is -2.27. The fourth-order valence-corrected chi connectivity index (χ4v) is 4.63. The van der Waals surface area contributed by atoms with Gasteiger partial charge in [-0.15, -0.1) is 0 Å². The van der Waals surface area contributed by atoms with E-state index in [2.05, 4.69) is 0 Å². The Labute approximate surface area is 176 Å². The first-order valence-electron chi connectivity index (χ1n) is 9.68. The quantitative estimate of drug-likeness (QED) is 0.589. The Balaban J connectivity index is 1.61. The van der Waals surface area contributed by atoms with E-state index in [0.29, 0.717) is 35.8 Å². The Morgan fingerprint density at radius 1 is 0.900 bits per heavy atom. The largest absolute Gasteiger partial charge is 0.455 e. The number of carbonyl (C=O) groups excluding carboxylic acids is 1. The molecule has 1 fully saturated rings. The minimum Gasteiger partial charge on any atom is -0.455 e. The molecule has 0 saturated carbocycles. The van der Waals surface area contributed by atoms with Gasteiger partial charge in [-0.05, 0) is 55.0 Å². The van der Waals surface area contributed by atoms with Gasteiger partial charge >= 0.3 is 0 Å². The molecule has 0 aromatic heterocycles. The van der Waals surface area contributed by atoms with Crippen molar-refractivity contribution in [3.8, 4) is 11.5 Å². The van der Waals surface area contributed by atoms with Crippen LogP contribution in [0.4, 0.5) is 11.4 Å². The van der Waals surface area contributed by atoms with Crippen LogP contribution >= 0.6 is 0 Å². The molecule has 0 bridgehead atoms. The number of sulfonamides is 1. The molecule has 154 valence electrons. The Bertz CT molecular complexity index is 1150. The highest BCUT2D eigenvalue weighted by Gasteiger charge is 2.26. The fourth-order valence-electron chi connectivity index (χ4n) is 3.43. The minimum absolute atomic E-state index is 0.0645. The summed E-state index contributed by atoms with van der Waals surface area (Å²) >= 11 is 0. The summed E-state index contributed by atoms with van der Waals surface area (Å²) in [4.78, 5) is 13.8. The molecule has 0 radical (unpaired) electrons. The summed E-state index contributed by atoms with van der Waals surface area (Å²) in [6, 6.07) is 22.6. The molecule has 3 aromatic carbocycles. The molecule has 3 aromatic rings. The molecule has 6 nitrogen and oxygen atoms in total. The number of ether oxygens (including phenoxy) is 1. The number of nitrogens with zero attached hydrogens (tertiary/aromatic N) is 2. The van der Waals surface area contributed by atoms with Crippen molar-refractivity contribution in [2.24, 2.45) is 0 Å². The maximum atomic E-state index is 13.2. The predicted molar refractivity (Wildman–Crippen MR) is 117 cm³/mol. The number of amides is 1. The van der Waals surface area contributed by atoms with Crippen LogP contribution in [0.5, 0.6) is 11.5 Å². The van der Waals surface area contributed by atoms with Crippen molar-refractivity contribution in [1.82, 2.24) is 0 Å². The van der Waals surface area contributed by atoms with Crippen LogP contribution in [0.1, 0.15) is 12.8 Å². The molecule has 0 N–H and O–H groups in total. The Hall–Kier alpha value is -3.32. The van der Waals surface area contributed by atoms with Crippen molar-refractivity contribution in [3.63, 3.8) is 0 Å². The van der Waals surface area contributed by atoms with Crippen LogP contribution in [0.3, 0.4) is 0 Å². The van der Waals surface area contributed by atoms with E-state index in [1.54, 1.807) is 41.3 Å². The van der Waals surface area contributed by atoms with Crippen LogP contribution in [-0.2, 0) is 14.8 Å². The molecule has 4 rings (SSSR count). The average molecular weight is 423 g/mol. The molecule has 1 heterocycles. The third-order valence-corrected chi connectivity index (χ3v) is 6.84. The molecule has 0 atom stereocenters. The first kappa shape index (κ1) is 20.0. The van der Waals surface area contributed by atoms with Gasteiger partial charge in [0.1, 0.15) is 5.75 Å². The van der Waals surface area contributed by atoms with Gasteiger partial charge in [0.2, 0.25) is 5.91 Å². The topological polar surface area (TPSA) is 66.9 Å². The summed E-state index contributed by atoms with van der Waals surface area (Å²) in [5, 5.41) is 0. The number of hydrogen-bond acceptors (Lipinski definition) is 4. The van der Waals surface area contributed by atoms with Crippen LogP contribution < -0.4 is 13.9 Å². The lowest BCUT2D eigenvalue weighted by atomic mass is 10.3. The maximum absolute atomic E-state index is 13.2. The summed E-state index contributed by atoms with van der Waals surface area (Å²) in [5.41, 5.74) is 1.15. The van der Waals surface area contributed by atoms with E-state index in [1.807, 2.05) is 30.3 Å². The normalized spacial score (nSPS) is 14.0. The van der Waals surface area contributed by atoms with Gasteiger partial charge in [0.15, 0.2) is 5.75 Å². The van der Waals surface area contributed by atoms with E-state index < -0.39 is 10.0 Å². The first-order valence-corrected chi connectivity index (χ1v) is 11.1. The number of para-hydroxylation sites is 3. The lowest BCUT2D eigenvalue weighted by Gasteiger charge is -2.23. The fraction of sp³-hybridized carbons (Fsp3) is 0.174. The van der Waals surface area contributed by atoms with Gasteiger partial charge in [-0.25, -0.2) is 8.42 Å².